The lowest BCUT2D eigenvalue weighted by Gasteiger charge is -2.36. The molecular weight excluding hydrogens is 554 g/mol. The summed E-state index contributed by atoms with van der Waals surface area (Å²) in [7, 11) is 1.58. The van der Waals surface area contributed by atoms with Crippen LogP contribution in [0.15, 0.2) is 48.5 Å². The van der Waals surface area contributed by atoms with Crippen molar-refractivity contribution in [2.45, 2.75) is 64.7 Å². The molecule has 3 aromatic rings. The Morgan fingerprint density at radius 1 is 1.00 bits per heavy atom. The van der Waals surface area contributed by atoms with E-state index in [2.05, 4.69) is 47.9 Å². The number of pyridine rings is 1. The number of piperidine rings is 1. The van der Waals surface area contributed by atoms with Crippen molar-refractivity contribution >= 4 is 11.8 Å². The monoisotopic (exact) mass is 599 g/mol. The van der Waals surface area contributed by atoms with Crippen LogP contribution in [0, 0.1) is 19.8 Å². The van der Waals surface area contributed by atoms with Crippen molar-refractivity contribution in [3.8, 4) is 17.0 Å². The Labute approximate surface area is 260 Å². The Morgan fingerprint density at radius 2 is 1.80 bits per heavy atom. The second kappa shape index (κ2) is 13.7. The number of nitrogens with zero attached hydrogens (tertiary/aromatic N) is 3. The SMILES string of the molecule is CO[C@@H]1CN(c2cccc(-c3cccc(C)c3OCc3cc(C)c4c(c3)CCN(C3CCOCC3)CC4)n2)CC[C@@H]1C(=O)O. The highest BCUT2D eigenvalue weighted by Crippen LogP contribution is 2.35. The number of hydrogen-bond donors (Lipinski definition) is 1. The molecule has 0 saturated carbocycles. The van der Waals surface area contributed by atoms with E-state index in [4.69, 9.17) is 19.2 Å². The number of methoxy groups -OCH3 is 1. The van der Waals surface area contributed by atoms with E-state index in [0.717, 1.165) is 80.4 Å². The van der Waals surface area contributed by atoms with Crippen molar-refractivity contribution in [2.24, 2.45) is 5.92 Å². The molecule has 2 aromatic carbocycles. The molecule has 3 aliphatic heterocycles. The zero-order chi connectivity index (χ0) is 30.6. The molecule has 8 heteroatoms. The standard InChI is InChI=1S/C36H45N3O5/c1-24-6-4-7-30(32-8-5-9-34(37-32)39-17-12-31(36(40)41)33(22-39)42-3)35(24)44-23-26-20-25(2)29-11-16-38(15-10-27(29)21-26)28-13-18-43-19-14-28/h4-9,20-21,28,31,33H,10-19,22-23H2,1-3H3,(H,40,41)/t31-,33+/m0/s1. The fourth-order valence-electron chi connectivity index (χ4n) is 7.28. The predicted molar refractivity (Wildman–Crippen MR) is 171 cm³/mol. The van der Waals surface area contributed by atoms with Crippen molar-refractivity contribution in [3.63, 3.8) is 0 Å². The van der Waals surface area contributed by atoms with Gasteiger partial charge in [-0.15, -0.1) is 0 Å². The number of para-hydroxylation sites is 1. The van der Waals surface area contributed by atoms with Crippen LogP contribution in [0.3, 0.4) is 0 Å². The Bertz CT molecular complexity index is 1470. The minimum atomic E-state index is -0.804. The summed E-state index contributed by atoms with van der Waals surface area (Å²) >= 11 is 0. The molecule has 0 radical (unpaired) electrons. The summed E-state index contributed by atoms with van der Waals surface area (Å²) < 4.78 is 17.8. The van der Waals surface area contributed by atoms with Crippen LogP contribution in [0.5, 0.6) is 5.75 Å². The number of ether oxygens (including phenoxy) is 3. The van der Waals surface area contributed by atoms with Crippen LogP contribution in [0.25, 0.3) is 11.3 Å². The summed E-state index contributed by atoms with van der Waals surface area (Å²) in [5.74, 6) is 0.354. The van der Waals surface area contributed by atoms with Gasteiger partial charge in [-0.1, -0.05) is 30.3 Å². The number of anilines is 1. The van der Waals surface area contributed by atoms with Gasteiger partial charge in [-0.3, -0.25) is 9.69 Å². The van der Waals surface area contributed by atoms with E-state index >= 15 is 0 Å². The van der Waals surface area contributed by atoms with Crippen molar-refractivity contribution in [1.82, 2.24) is 9.88 Å². The molecule has 1 aromatic heterocycles. The molecule has 2 atom stereocenters. The molecule has 0 bridgehead atoms. The third-order valence-electron chi connectivity index (χ3n) is 9.76. The Balaban J connectivity index is 1.18. The van der Waals surface area contributed by atoms with Crippen molar-refractivity contribution in [2.75, 3.05) is 51.4 Å². The van der Waals surface area contributed by atoms with Crippen molar-refractivity contribution in [3.05, 3.63) is 76.3 Å². The van der Waals surface area contributed by atoms with Crippen LogP contribution in [0.2, 0.25) is 0 Å². The van der Waals surface area contributed by atoms with Gasteiger partial charge in [0, 0.05) is 58.1 Å². The first-order chi connectivity index (χ1) is 21.4. The van der Waals surface area contributed by atoms with E-state index in [1.54, 1.807) is 7.11 Å². The number of aryl methyl sites for hydroxylation is 2. The maximum Gasteiger partial charge on any atom is 0.309 e. The fourth-order valence-corrected chi connectivity index (χ4v) is 7.28. The molecule has 2 fully saturated rings. The topological polar surface area (TPSA) is 84.4 Å². The average Bonchev–Trinajstić information content (AvgIpc) is 3.27. The highest BCUT2D eigenvalue weighted by atomic mass is 16.5. The quantitative estimate of drug-likeness (QED) is 0.366. The molecule has 0 aliphatic carbocycles. The van der Waals surface area contributed by atoms with E-state index in [-0.39, 0.29) is 6.10 Å². The molecular formula is C36H45N3O5. The molecule has 234 valence electrons. The second-order valence-corrected chi connectivity index (χ2v) is 12.5. The molecule has 2 saturated heterocycles. The van der Waals surface area contributed by atoms with Gasteiger partial charge in [0.1, 0.15) is 18.2 Å². The molecule has 0 spiro atoms. The number of carbonyl (C=O) groups is 1. The van der Waals surface area contributed by atoms with E-state index in [1.165, 1.54) is 22.3 Å². The summed E-state index contributed by atoms with van der Waals surface area (Å²) in [6.45, 7) is 9.92. The van der Waals surface area contributed by atoms with Gasteiger partial charge in [-0.05, 0) is 92.0 Å². The van der Waals surface area contributed by atoms with Gasteiger partial charge < -0.3 is 24.2 Å². The summed E-state index contributed by atoms with van der Waals surface area (Å²) in [5.41, 5.74) is 8.37. The van der Waals surface area contributed by atoms with E-state index in [9.17, 15) is 9.90 Å². The molecule has 6 rings (SSSR count). The smallest absolute Gasteiger partial charge is 0.309 e. The van der Waals surface area contributed by atoms with Gasteiger partial charge in [-0.25, -0.2) is 4.98 Å². The van der Waals surface area contributed by atoms with Crippen LogP contribution in [-0.4, -0.2) is 79.6 Å². The number of rotatable bonds is 8. The zero-order valence-electron chi connectivity index (χ0n) is 26.3. The third kappa shape index (κ3) is 6.63. The number of hydrogen-bond acceptors (Lipinski definition) is 7. The number of fused-ring (bicyclic) bond motifs is 1. The van der Waals surface area contributed by atoms with Crippen molar-refractivity contribution in [1.29, 1.82) is 0 Å². The van der Waals surface area contributed by atoms with Gasteiger partial charge in [0.25, 0.3) is 0 Å². The first-order valence-electron chi connectivity index (χ1n) is 16.0. The Kier molecular flexibility index (Phi) is 9.50. The van der Waals surface area contributed by atoms with E-state index in [1.807, 2.05) is 24.3 Å². The van der Waals surface area contributed by atoms with Gasteiger partial charge in [0.05, 0.1) is 17.7 Å². The number of aliphatic carboxylic acids is 1. The van der Waals surface area contributed by atoms with Gasteiger partial charge in [0.15, 0.2) is 0 Å². The normalized spacial score (nSPS) is 21.5. The van der Waals surface area contributed by atoms with E-state index in [0.29, 0.717) is 32.2 Å². The Morgan fingerprint density at radius 3 is 2.59 bits per heavy atom. The summed E-state index contributed by atoms with van der Waals surface area (Å²) in [5, 5.41) is 9.59. The summed E-state index contributed by atoms with van der Waals surface area (Å²) in [6.07, 6.45) is 4.60. The lowest BCUT2D eigenvalue weighted by atomic mass is 9.94. The first kappa shape index (κ1) is 30.6. The lowest BCUT2D eigenvalue weighted by molar-refractivity contribution is -0.147. The lowest BCUT2D eigenvalue weighted by Crippen LogP contribution is -2.47. The van der Waals surface area contributed by atoms with Gasteiger partial charge in [0.2, 0.25) is 0 Å². The molecule has 8 nitrogen and oxygen atoms in total. The van der Waals surface area contributed by atoms with Crippen LogP contribution >= 0.6 is 0 Å². The second-order valence-electron chi connectivity index (χ2n) is 12.5. The molecule has 3 aliphatic rings. The van der Waals surface area contributed by atoms with E-state index < -0.39 is 11.9 Å². The number of benzene rings is 2. The van der Waals surface area contributed by atoms with Crippen LogP contribution in [-0.2, 0) is 33.7 Å². The number of carboxylic acids is 1. The maximum absolute atomic E-state index is 11.7. The number of carboxylic acid groups (broad SMARTS) is 1. The molecule has 44 heavy (non-hydrogen) atoms. The summed E-state index contributed by atoms with van der Waals surface area (Å²) in [6, 6.07) is 17.5. The summed E-state index contributed by atoms with van der Waals surface area (Å²) in [4.78, 5) is 21.5. The largest absolute Gasteiger partial charge is 0.488 e. The van der Waals surface area contributed by atoms with Crippen LogP contribution < -0.4 is 9.64 Å². The first-order valence-corrected chi connectivity index (χ1v) is 16.0. The highest BCUT2D eigenvalue weighted by Gasteiger charge is 2.35. The maximum atomic E-state index is 11.7. The highest BCUT2D eigenvalue weighted by molar-refractivity contribution is 5.72. The third-order valence-corrected chi connectivity index (χ3v) is 9.76. The van der Waals surface area contributed by atoms with Gasteiger partial charge in [-0.2, -0.15) is 0 Å². The number of aromatic nitrogens is 1. The minimum Gasteiger partial charge on any atom is -0.488 e. The average molecular weight is 600 g/mol. The molecule has 0 unspecified atom stereocenters. The predicted octanol–water partition coefficient (Wildman–Crippen LogP) is 5.45. The molecule has 4 heterocycles. The van der Waals surface area contributed by atoms with Crippen LogP contribution in [0.4, 0.5) is 5.82 Å². The zero-order valence-corrected chi connectivity index (χ0v) is 26.3. The Hall–Kier alpha value is -3.46. The minimum absolute atomic E-state index is 0.376. The van der Waals surface area contributed by atoms with Crippen LogP contribution in [0.1, 0.15) is 47.1 Å². The molecule has 0 amide bonds. The van der Waals surface area contributed by atoms with Gasteiger partial charge >= 0.3 is 5.97 Å². The molecule has 1 N–H and O–H groups in total. The van der Waals surface area contributed by atoms with Crippen molar-refractivity contribution < 1.29 is 24.1 Å². The fraction of sp³-hybridized carbons (Fsp3) is 0.500.